The van der Waals surface area contributed by atoms with E-state index in [-0.39, 0.29) is 10.1 Å². The van der Waals surface area contributed by atoms with Gasteiger partial charge in [-0.05, 0) is 33.3 Å². The second-order valence-electron chi connectivity index (χ2n) is 2.82. The lowest BCUT2D eigenvalue weighted by molar-refractivity contribution is -0.380. The third-order valence-corrected chi connectivity index (χ3v) is 3.24. The van der Waals surface area contributed by atoms with Crippen LogP contribution in [0.25, 0.3) is 0 Å². The number of hydrogen-bond donors (Lipinski definition) is 1. The van der Waals surface area contributed by atoms with Gasteiger partial charge < -0.3 is 4.42 Å². The van der Waals surface area contributed by atoms with E-state index in [2.05, 4.69) is 26.2 Å². The molecule has 1 N–H and O–H groups in total. The number of carbonyl (C=O) groups is 1. The average Bonchev–Trinajstić information content (AvgIpc) is 2.86. The van der Waals surface area contributed by atoms with E-state index in [4.69, 9.17) is 4.42 Å². The number of furan rings is 1. The Balaban J connectivity index is 2.13. The summed E-state index contributed by atoms with van der Waals surface area (Å²) in [6.07, 6.45) is 2.44. The van der Waals surface area contributed by atoms with E-state index in [1.165, 1.54) is 12.3 Å². The van der Waals surface area contributed by atoms with Crippen molar-refractivity contribution >= 4 is 43.3 Å². The first-order chi connectivity index (χ1) is 8.08. The first kappa shape index (κ1) is 11.7. The molecule has 7 nitrogen and oxygen atoms in total. The van der Waals surface area contributed by atoms with E-state index < -0.39 is 10.8 Å². The molecule has 2 aromatic rings. The molecule has 0 fully saturated rings. The van der Waals surface area contributed by atoms with Crippen LogP contribution in [0.5, 0.6) is 0 Å². The maximum absolute atomic E-state index is 11.7. The van der Waals surface area contributed by atoms with Crippen LogP contribution in [0.3, 0.4) is 0 Å². The van der Waals surface area contributed by atoms with Gasteiger partial charge >= 0.3 is 5.00 Å². The van der Waals surface area contributed by atoms with Gasteiger partial charge in [0.25, 0.3) is 5.91 Å². The molecule has 88 valence electrons. The number of nitro groups is 1. The van der Waals surface area contributed by atoms with Crippen LogP contribution >= 0.6 is 27.3 Å². The summed E-state index contributed by atoms with van der Waals surface area (Å²) in [7, 11) is 0. The largest absolute Gasteiger partial charge is 0.457 e. The van der Waals surface area contributed by atoms with E-state index in [0.29, 0.717) is 10.2 Å². The van der Waals surface area contributed by atoms with Crippen molar-refractivity contribution in [2.45, 2.75) is 0 Å². The molecule has 0 aliphatic rings. The van der Waals surface area contributed by atoms with Crippen molar-refractivity contribution in [3.8, 4) is 0 Å². The van der Waals surface area contributed by atoms with Gasteiger partial charge in [0.1, 0.15) is 6.20 Å². The number of rotatable bonds is 3. The van der Waals surface area contributed by atoms with Gasteiger partial charge in [-0.15, -0.1) is 0 Å². The summed E-state index contributed by atoms with van der Waals surface area (Å²) in [5.74, 6) is -0.449. The molecule has 0 unspecified atom stereocenters. The lowest BCUT2D eigenvalue weighted by atomic mass is 10.3. The molecule has 0 bridgehead atoms. The van der Waals surface area contributed by atoms with E-state index in [0.717, 1.165) is 17.5 Å². The van der Waals surface area contributed by atoms with Gasteiger partial charge in [0.05, 0.1) is 16.7 Å². The number of halogens is 1. The first-order valence-electron chi connectivity index (χ1n) is 4.22. The fourth-order valence-electron chi connectivity index (χ4n) is 1.03. The number of amides is 1. The van der Waals surface area contributed by atoms with E-state index in [1.54, 1.807) is 0 Å². The highest BCUT2D eigenvalue weighted by molar-refractivity contribution is 9.10. The van der Waals surface area contributed by atoms with Crippen LogP contribution in [0.15, 0.2) is 27.6 Å². The van der Waals surface area contributed by atoms with E-state index in [1.807, 2.05) is 0 Å². The Morgan fingerprint density at radius 1 is 1.65 bits per heavy atom. The zero-order valence-electron chi connectivity index (χ0n) is 8.05. The maximum atomic E-state index is 11.7. The highest BCUT2D eigenvalue weighted by Crippen LogP contribution is 2.26. The van der Waals surface area contributed by atoms with Crippen molar-refractivity contribution < 1.29 is 14.1 Å². The third kappa shape index (κ3) is 2.50. The first-order valence-corrected chi connectivity index (χ1v) is 5.83. The van der Waals surface area contributed by atoms with Crippen LogP contribution < -0.4 is 5.32 Å². The average molecular weight is 318 g/mol. The number of nitrogens with one attached hydrogen (secondary N) is 1. The summed E-state index contributed by atoms with van der Waals surface area (Å²) in [6.45, 7) is 0. The predicted molar refractivity (Wildman–Crippen MR) is 63.1 cm³/mol. The van der Waals surface area contributed by atoms with Gasteiger partial charge in [0.15, 0.2) is 9.80 Å². The normalized spacial score (nSPS) is 10.2. The summed E-state index contributed by atoms with van der Waals surface area (Å²) in [5.41, 5.74) is 0.294. The second kappa shape index (κ2) is 4.63. The molecule has 0 spiro atoms. The van der Waals surface area contributed by atoms with Gasteiger partial charge in [-0.2, -0.15) is 0 Å². The Hall–Kier alpha value is -1.74. The number of anilines is 1. The van der Waals surface area contributed by atoms with E-state index >= 15 is 0 Å². The smallest absolute Gasteiger partial charge is 0.345 e. The minimum atomic E-state index is -0.568. The number of thiazole rings is 1. The highest BCUT2D eigenvalue weighted by Gasteiger charge is 2.17. The molecule has 1 amide bonds. The topological polar surface area (TPSA) is 98.3 Å². The predicted octanol–water partition coefficient (Wildman–Crippen LogP) is 2.66. The molecule has 0 aliphatic carbocycles. The molecule has 0 radical (unpaired) electrons. The summed E-state index contributed by atoms with van der Waals surface area (Å²) < 4.78 is 5.19. The summed E-state index contributed by atoms with van der Waals surface area (Å²) in [4.78, 5) is 25.2. The Labute approximate surface area is 107 Å². The lowest BCUT2D eigenvalue weighted by Gasteiger charge is -1.97. The standard InChI is InChI=1S/C8H4BrN3O4S/c9-6-4(1-2-16-6)7(13)11-8-10-3-5(17-8)12(14)15/h1-3H,(H,10,11,13). The molecule has 0 atom stereocenters. The van der Waals surface area contributed by atoms with Crippen molar-refractivity contribution in [3.63, 3.8) is 0 Å². The molecule has 0 saturated carbocycles. The number of nitrogens with zero attached hydrogens (tertiary/aromatic N) is 2. The van der Waals surface area contributed by atoms with Crippen molar-refractivity contribution in [3.05, 3.63) is 38.9 Å². The van der Waals surface area contributed by atoms with Crippen molar-refractivity contribution in [1.82, 2.24) is 4.98 Å². The minimum Gasteiger partial charge on any atom is -0.457 e. The zero-order valence-corrected chi connectivity index (χ0v) is 10.4. The summed E-state index contributed by atoms with van der Waals surface area (Å²) >= 11 is 3.84. The lowest BCUT2D eigenvalue weighted by Crippen LogP contribution is -2.10. The van der Waals surface area contributed by atoms with Crippen LogP contribution in [0.2, 0.25) is 0 Å². The highest BCUT2D eigenvalue weighted by atomic mass is 79.9. The molecule has 0 saturated heterocycles. The second-order valence-corrected chi connectivity index (χ2v) is 4.55. The molecular formula is C8H4BrN3O4S. The van der Waals surface area contributed by atoms with E-state index in [9.17, 15) is 14.9 Å². The van der Waals surface area contributed by atoms with Gasteiger partial charge in [0.2, 0.25) is 0 Å². The van der Waals surface area contributed by atoms with Crippen LogP contribution in [-0.2, 0) is 0 Å². The van der Waals surface area contributed by atoms with Gasteiger partial charge in [-0.1, -0.05) is 0 Å². The monoisotopic (exact) mass is 317 g/mol. The fraction of sp³-hybridized carbons (Fsp3) is 0. The SMILES string of the molecule is O=C(Nc1ncc([N+](=O)[O-])s1)c1ccoc1Br. The summed E-state index contributed by atoms with van der Waals surface area (Å²) in [5, 5.41) is 12.9. The Kier molecular flexibility index (Phi) is 3.20. The van der Waals surface area contributed by atoms with Crippen LogP contribution in [0, 0.1) is 10.1 Å². The molecule has 0 aliphatic heterocycles. The Bertz CT molecular complexity index is 579. The molecule has 17 heavy (non-hydrogen) atoms. The Morgan fingerprint density at radius 3 is 2.94 bits per heavy atom. The minimum absolute atomic E-state index is 0.133. The molecular weight excluding hydrogens is 314 g/mol. The van der Waals surface area contributed by atoms with Crippen LogP contribution in [0.1, 0.15) is 10.4 Å². The van der Waals surface area contributed by atoms with Crippen molar-refractivity contribution in [2.24, 2.45) is 0 Å². The Morgan fingerprint density at radius 2 is 2.41 bits per heavy atom. The molecule has 2 aromatic heterocycles. The molecule has 2 rings (SSSR count). The number of hydrogen-bond acceptors (Lipinski definition) is 6. The van der Waals surface area contributed by atoms with Gasteiger partial charge in [-0.3, -0.25) is 20.2 Å². The molecule has 2 heterocycles. The van der Waals surface area contributed by atoms with Crippen molar-refractivity contribution in [1.29, 1.82) is 0 Å². The molecule has 0 aromatic carbocycles. The maximum Gasteiger partial charge on any atom is 0.345 e. The zero-order chi connectivity index (χ0) is 12.4. The van der Waals surface area contributed by atoms with Crippen LogP contribution in [0.4, 0.5) is 10.1 Å². The molecule has 9 heteroatoms. The third-order valence-electron chi connectivity index (χ3n) is 1.76. The van der Waals surface area contributed by atoms with Crippen molar-refractivity contribution in [2.75, 3.05) is 5.32 Å². The van der Waals surface area contributed by atoms with Crippen LogP contribution in [-0.4, -0.2) is 15.8 Å². The summed E-state index contributed by atoms with van der Waals surface area (Å²) in [6, 6.07) is 1.47. The number of aromatic nitrogens is 1. The van der Waals surface area contributed by atoms with Gasteiger partial charge in [0, 0.05) is 0 Å². The quantitative estimate of drug-likeness (QED) is 0.693. The number of carbonyl (C=O) groups excluding carboxylic acids is 1. The van der Waals surface area contributed by atoms with Gasteiger partial charge in [-0.25, -0.2) is 4.98 Å². The fourth-order valence-corrected chi connectivity index (χ4v) is 2.08.